The first kappa shape index (κ1) is 17.4. The molecule has 0 aliphatic heterocycles. The fourth-order valence-electron chi connectivity index (χ4n) is 2.60. The lowest BCUT2D eigenvalue weighted by molar-refractivity contribution is -0.118. The fraction of sp³-hybridized carbons (Fsp3) is 0.800. The second kappa shape index (κ2) is 7.93. The van der Waals surface area contributed by atoms with Crippen molar-refractivity contribution in [1.29, 1.82) is 0 Å². The van der Waals surface area contributed by atoms with Gasteiger partial charge in [0.25, 0.3) is 5.78 Å². The van der Waals surface area contributed by atoms with Gasteiger partial charge in [-0.05, 0) is 33.1 Å². The van der Waals surface area contributed by atoms with E-state index in [9.17, 15) is 9.59 Å². The largest absolute Gasteiger partial charge is 0.444 e. The lowest BCUT2D eigenvalue weighted by atomic mass is 9.84. The van der Waals surface area contributed by atoms with E-state index in [-0.39, 0.29) is 0 Å². The molecule has 0 bridgehead atoms. The molecule has 1 N–H and O–H groups in total. The van der Waals surface area contributed by atoms with Gasteiger partial charge in [-0.1, -0.05) is 32.1 Å². The molecule has 6 nitrogen and oxygen atoms in total. The summed E-state index contributed by atoms with van der Waals surface area (Å²) in [4.78, 5) is 26.5. The summed E-state index contributed by atoms with van der Waals surface area (Å²) in [5.41, 5.74) is 7.90. The Morgan fingerprint density at radius 3 is 2.48 bits per heavy atom. The van der Waals surface area contributed by atoms with Gasteiger partial charge in [0.05, 0.1) is 0 Å². The quantitative estimate of drug-likeness (QED) is 0.480. The van der Waals surface area contributed by atoms with Gasteiger partial charge in [0.1, 0.15) is 11.6 Å². The number of hydrogen-bond acceptors (Lipinski definition) is 3. The first-order valence-electron chi connectivity index (χ1n) is 7.52. The van der Waals surface area contributed by atoms with Crippen molar-refractivity contribution in [3.8, 4) is 0 Å². The highest BCUT2D eigenvalue weighted by Gasteiger charge is 2.28. The van der Waals surface area contributed by atoms with Gasteiger partial charge in [0.15, 0.2) is 0 Å². The van der Waals surface area contributed by atoms with E-state index in [1.165, 1.54) is 6.42 Å². The van der Waals surface area contributed by atoms with Gasteiger partial charge >= 0.3 is 12.3 Å². The molecule has 0 aromatic heterocycles. The van der Waals surface area contributed by atoms with Crippen LogP contribution in [-0.4, -0.2) is 34.5 Å². The normalized spacial score (nSPS) is 17.5. The van der Waals surface area contributed by atoms with Crippen molar-refractivity contribution in [3.63, 3.8) is 0 Å². The van der Waals surface area contributed by atoms with Crippen LogP contribution in [0, 0.1) is 5.92 Å². The third-order valence-electron chi connectivity index (χ3n) is 3.51. The summed E-state index contributed by atoms with van der Waals surface area (Å²) in [5, 5.41) is 2.59. The molecule has 1 unspecified atom stereocenters. The summed E-state index contributed by atoms with van der Waals surface area (Å²) in [6.07, 6.45) is 6.45. The van der Waals surface area contributed by atoms with Crippen LogP contribution in [0.1, 0.15) is 59.3 Å². The summed E-state index contributed by atoms with van der Waals surface area (Å²) >= 11 is 0. The number of Topliss-reactive ketones (excluding diaryl/α,β-unsaturated/α-hetero) is 1. The first-order valence-corrected chi connectivity index (χ1v) is 7.52. The van der Waals surface area contributed by atoms with Gasteiger partial charge in [-0.25, -0.2) is 4.79 Å². The minimum atomic E-state index is -0.696. The van der Waals surface area contributed by atoms with Crippen molar-refractivity contribution < 1.29 is 19.1 Å². The van der Waals surface area contributed by atoms with Gasteiger partial charge in [-0.15, -0.1) is 0 Å². The van der Waals surface area contributed by atoms with Crippen LogP contribution in [0.3, 0.4) is 0 Å². The Kier molecular flexibility index (Phi) is 6.56. The number of hydrogen-bond donors (Lipinski definition) is 1. The monoisotopic (exact) mass is 295 g/mol. The molecule has 21 heavy (non-hydrogen) atoms. The molecule has 1 saturated carbocycles. The molecule has 0 aromatic carbocycles. The summed E-state index contributed by atoms with van der Waals surface area (Å²) in [6.45, 7) is 5.29. The molecule has 0 spiro atoms. The lowest BCUT2D eigenvalue weighted by Gasteiger charge is -2.26. The van der Waals surface area contributed by atoms with Crippen molar-refractivity contribution >= 4 is 18.1 Å². The molecule has 0 saturated heterocycles. The predicted octanol–water partition coefficient (Wildman–Crippen LogP) is 2.72. The van der Waals surface area contributed by atoms with Gasteiger partial charge in [0.2, 0.25) is 0 Å². The maximum absolute atomic E-state index is 11.9. The minimum absolute atomic E-state index is 0.408. The van der Waals surface area contributed by atoms with Gasteiger partial charge in [0, 0.05) is 0 Å². The number of alkyl carbamates (subject to hydrolysis) is 1. The van der Waals surface area contributed by atoms with Gasteiger partial charge < -0.3 is 15.6 Å². The van der Waals surface area contributed by atoms with E-state index in [4.69, 9.17) is 10.3 Å². The van der Waals surface area contributed by atoms with Crippen LogP contribution in [0.4, 0.5) is 4.79 Å². The molecule has 1 amide bonds. The smallest absolute Gasteiger partial charge is 0.408 e. The van der Waals surface area contributed by atoms with E-state index in [0.29, 0.717) is 12.3 Å². The molecule has 0 radical (unpaired) electrons. The Morgan fingerprint density at radius 2 is 1.95 bits per heavy atom. The van der Waals surface area contributed by atoms with Gasteiger partial charge in [-0.3, -0.25) is 4.79 Å². The van der Waals surface area contributed by atoms with E-state index >= 15 is 0 Å². The minimum Gasteiger partial charge on any atom is -0.444 e. The standard InChI is InChI=1S/C15H25N3O3/c1-15(2,3)21-14(20)18-12(13(19)10-17-16)9-11-7-5-4-6-8-11/h10-12H,4-9H2,1-3H3,(H,18,20). The first-order chi connectivity index (χ1) is 9.81. The lowest BCUT2D eigenvalue weighted by Crippen LogP contribution is -2.45. The number of ketones is 1. The van der Waals surface area contributed by atoms with Crippen LogP contribution in [0.5, 0.6) is 0 Å². The zero-order valence-electron chi connectivity index (χ0n) is 13.1. The van der Waals surface area contributed by atoms with Crippen molar-refractivity contribution in [2.24, 2.45) is 5.92 Å². The van der Waals surface area contributed by atoms with Gasteiger partial charge in [-0.2, -0.15) is 4.79 Å². The third kappa shape index (κ3) is 7.04. The highest BCUT2D eigenvalue weighted by atomic mass is 16.6. The summed E-state index contributed by atoms with van der Waals surface area (Å²) < 4.78 is 5.18. The Balaban J connectivity index is 2.65. The Labute approximate surface area is 125 Å². The van der Waals surface area contributed by atoms with Crippen LogP contribution in [-0.2, 0) is 9.53 Å². The number of amides is 1. The molecular formula is C15H25N3O3. The highest BCUT2D eigenvalue weighted by molar-refractivity contribution is 6.28. The van der Waals surface area contributed by atoms with Crippen molar-refractivity contribution in [2.75, 3.05) is 0 Å². The fourth-order valence-corrected chi connectivity index (χ4v) is 2.60. The molecule has 1 fully saturated rings. The maximum atomic E-state index is 11.9. The topological polar surface area (TPSA) is 91.8 Å². The molecular weight excluding hydrogens is 270 g/mol. The molecule has 0 heterocycles. The molecule has 1 atom stereocenters. The SMILES string of the molecule is CC(C)(C)OC(=O)NC(CC1CCCCC1)C(=O)C=[N+]=[N-]. The number of nitrogens with one attached hydrogen (secondary N) is 1. The average molecular weight is 295 g/mol. The van der Waals surface area contributed by atoms with Crippen LogP contribution in [0.15, 0.2) is 0 Å². The van der Waals surface area contributed by atoms with E-state index in [2.05, 4.69) is 10.1 Å². The maximum Gasteiger partial charge on any atom is 0.408 e. The zero-order valence-corrected chi connectivity index (χ0v) is 13.1. The Bertz CT molecular complexity index is 416. The summed E-state index contributed by atoms with van der Waals surface area (Å²) in [6, 6.07) is -0.696. The zero-order chi connectivity index (χ0) is 15.9. The average Bonchev–Trinajstić information content (AvgIpc) is 2.37. The van der Waals surface area contributed by atoms with E-state index in [1.54, 1.807) is 20.8 Å². The Morgan fingerprint density at radius 1 is 1.33 bits per heavy atom. The number of carbonyl (C=O) groups is 2. The molecule has 6 heteroatoms. The molecule has 1 rings (SSSR count). The number of rotatable bonds is 5. The molecule has 0 aromatic rings. The summed E-state index contributed by atoms with van der Waals surface area (Å²) in [7, 11) is 0. The highest BCUT2D eigenvalue weighted by Crippen LogP contribution is 2.27. The molecule has 1 aliphatic carbocycles. The van der Waals surface area contributed by atoms with Crippen molar-refractivity contribution in [3.05, 3.63) is 5.53 Å². The second-order valence-corrected chi connectivity index (χ2v) is 6.59. The predicted molar refractivity (Wildman–Crippen MR) is 79.0 cm³/mol. The van der Waals surface area contributed by atoms with Crippen LogP contribution < -0.4 is 5.32 Å². The van der Waals surface area contributed by atoms with Crippen molar-refractivity contribution in [2.45, 2.75) is 70.9 Å². The van der Waals surface area contributed by atoms with Crippen molar-refractivity contribution in [1.82, 2.24) is 5.32 Å². The second-order valence-electron chi connectivity index (χ2n) is 6.59. The number of nitrogens with zero attached hydrogens (tertiary/aromatic N) is 2. The van der Waals surface area contributed by atoms with Crippen LogP contribution in [0.25, 0.3) is 5.53 Å². The van der Waals surface area contributed by atoms with E-state index < -0.39 is 23.5 Å². The third-order valence-corrected chi connectivity index (χ3v) is 3.51. The van der Waals surface area contributed by atoms with Crippen LogP contribution in [0.2, 0.25) is 0 Å². The van der Waals surface area contributed by atoms with E-state index in [1.807, 2.05) is 0 Å². The van der Waals surface area contributed by atoms with Crippen LogP contribution >= 0.6 is 0 Å². The number of carbonyl (C=O) groups excluding carboxylic acids is 2. The molecule has 118 valence electrons. The molecule has 1 aliphatic rings. The number of ether oxygens (including phenoxy) is 1. The summed E-state index contributed by atoms with van der Waals surface area (Å²) in [5.74, 6) is 0.00339. The van der Waals surface area contributed by atoms with E-state index in [0.717, 1.165) is 31.9 Å². The Hall–Kier alpha value is -1.68.